The zero-order valence-corrected chi connectivity index (χ0v) is 13.2. The normalized spacial score (nSPS) is 13.1. The van der Waals surface area contributed by atoms with Crippen molar-refractivity contribution < 1.29 is 9.32 Å². The number of anilines is 1. The van der Waals surface area contributed by atoms with Gasteiger partial charge in [0.25, 0.3) is 5.91 Å². The number of para-hydroxylation sites is 1. The summed E-state index contributed by atoms with van der Waals surface area (Å²) in [6, 6.07) is 17.1. The van der Waals surface area contributed by atoms with Crippen molar-refractivity contribution in [3.63, 3.8) is 0 Å². The summed E-state index contributed by atoms with van der Waals surface area (Å²) in [6.45, 7) is 0.570. The Hall–Kier alpha value is -3.08. The van der Waals surface area contributed by atoms with Gasteiger partial charge in [-0.05, 0) is 18.1 Å². The quantitative estimate of drug-likeness (QED) is 0.729. The fourth-order valence-corrected chi connectivity index (χ4v) is 3.26. The van der Waals surface area contributed by atoms with E-state index in [-0.39, 0.29) is 11.5 Å². The summed E-state index contributed by atoms with van der Waals surface area (Å²) in [5, 5.41) is 0. The minimum absolute atomic E-state index is 0.0837. The minimum atomic E-state index is -0.606. The van der Waals surface area contributed by atoms with Crippen LogP contribution in [0.25, 0.3) is 11.3 Å². The van der Waals surface area contributed by atoms with Gasteiger partial charge in [-0.25, -0.2) is 9.53 Å². The Morgan fingerprint density at radius 1 is 1.04 bits per heavy atom. The number of carbonyl (C=O) groups excluding carboxylic acids is 1. The molecule has 0 fully saturated rings. The predicted molar refractivity (Wildman–Crippen MR) is 91.2 cm³/mol. The first kappa shape index (κ1) is 14.5. The Morgan fingerprint density at radius 2 is 1.75 bits per heavy atom. The number of aryl methyl sites for hydroxylation is 1. The molecule has 1 aliphatic heterocycles. The molecule has 0 unspecified atom stereocenters. The average Bonchev–Trinajstić information content (AvgIpc) is 3.15. The molecule has 0 atom stereocenters. The van der Waals surface area contributed by atoms with E-state index in [4.69, 9.17) is 4.52 Å². The van der Waals surface area contributed by atoms with E-state index in [1.165, 1.54) is 4.74 Å². The highest BCUT2D eigenvalue weighted by Gasteiger charge is 2.31. The van der Waals surface area contributed by atoms with Crippen LogP contribution < -0.4 is 10.5 Å². The van der Waals surface area contributed by atoms with Gasteiger partial charge in [-0.1, -0.05) is 48.5 Å². The maximum atomic E-state index is 13.1. The summed E-state index contributed by atoms with van der Waals surface area (Å²) in [7, 11) is 1.64. The van der Waals surface area contributed by atoms with Gasteiger partial charge in [0.15, 0.2) is 5.56 Å². The second-order valence-electron chi connectivity index (χ2n) is 5.80. The third-order valence-corrected chi connectivity index (χ3v) is 4.37. The molecule has 0 radical (unpaired) electrons. The lowest BCUT2D eigenvalue weighted by molar-refractivity contribution is 0.0988. The van der Waals surface area contributed by atoms with Crippen LogP contribution >= 0.6 is 0 Å². The topological polar surface area (TPSA) is 55.5 Å². The van der Waals surface area contributed by atoms with E-state index in [1.54, 1.807) is 11.9 Å². The summed E-state index contributed by atoms with van der Waals surface area (Å²) in [5.74, 6) is -0.312. The summed E-state index contributed by atoms with van der Waals surface area (Å²) in [4.78, 5) is 27.1. The maximum Gasteiger partial charge on any atom is 0.370 e. The molecule has 0 spiro atoms. The van der Waals surface area contributed by atoms with Gasteiger partial charge >= 0.3 is 5.63 Å². The molecule has 1 amide bonds. The number of nitrogens with zero attached hydrogens (tertiary/aromatic N) is 2. The standard InChI is InChI=1S/C19H16N2O3/c1-20-17(14-8-3-2-4-9-14)16(19(23)24-20)18(22)21-12-11-13-7-5-6-10-15(13)21/h2-10H,11-12H2,1H3. The fourth-order valence-electron chi connectivity index (χ4n) is 3.26. The van der Waals surface area contributed by atoms with Gasteiger partial charge in [0.2, 0.25) is 0 Å². The van der Waals surface area contributed by atoms with Crippen LogP contribution in [0, 0.1) is 0 Å². The van der Waals surface area contributed by atoms with E-state index in [1.807, 2.05) is 54.6 Å². The van der Waals surface area contributed by atoms with Gasteiger partial charge < -0.3 is 9.42 Å². The van der Waals surface area contributed by atoms with E-state index >= 15 is 0 Å². The average molecular weight is 320 g/mol. The molecule has 5 nitrogen and oxygen atoms in total. The molecule has 0 saturated heterocycles. The molecule has 0 aliphatic carbocycles. The molecule has 0 bridgehead atoms. The summed E-state index contributed by atoms with van der Waals surface area (Å²) in [5.41, 5.74) is 2.75. The lowest BCUT2D eigenvalue weighted by atomic mass is 10.1. The van der Waals surface area contributed by atoms with Crippen molar-refractivity contribution in [3.8, 4) is 11.3 Å². The van der Waals surface area contributed by atoms with Gasteiger partial charge in [-0.15, -0.1) is 0 Å². The van der Waals surface area contributed by atoms with Crippen molar-refractivity contribution in [3.05, 3.63) is 76.1 Å². The zero-order valence-electron chi connectivity index (χ0n) is 13.2. The molecule has 24 heavy (non-hydrogen) atoms. The number of amides is 1. The second kappa shape index (κ2) is 5.53. The van der Waals surface area contributed by atoms with Crippen molar-refractivity contribution in [2.24, 2.45) is 7.05 Å². The number of aromatic nitrogens is 1. The van der Waals surface area contributed by atoms with E-state index < -0.39 is 5.63 Å². The van der Waals surface area contributed by atoms with Crippen LogP contribution in [0.1, 0.15) is 15.9 Å². The molecular weight excluding hydrogens is 304 g/mol. The molecule has 3 aromatic rings. The first-order valence-corrected chi connectivity index (χ1v) is 7.82. The molecule has 1 aliphatic rings. The summed E-state index contributed by atoms with van der Waals surface area (Å²) < 4.78 is 6.55. The second-order valence-corrected chi connectivity index (χ2v) is 5.80. The Bertz CT molecular complexity index is 970. The monoisotopic (exact) mass is 320 g/mol. The fraction of sp³-hybridized carbons (Fsp3) is 0.158. The zero-order chi connectivity index (χ0) is 16.7. The Morgan fingerprint density at radius 3 is 2.54 bits per heavy atom. The Balaban J connectivity index is 1.84. The maximum absolute atomic E-state index is 13.1. The van der Waals surface area contributed by atoms with Crippen molar-refractivity contribution in [1.82, 2.24) is 4.74 Å². The highest BCUT2D eigenvalue weighted by molar-refractivity contribution is 6.10. The summed E-state index contributed by atoms with van der Waals surface area (Å²) >= 11 is 0. The van der Waals surface area contributed by atoms with Crippen LogP contribution in [0.4, 0.5) is 5.69 Å². The van der Waals surface area contributed by atoms with Crippen molar-refractivity contribution >= 4 is 11.6 Å². The van der Waals surface area contributed by atoms with Crippen LogP contribution in [0.15, 0.2) is 63.9 Å². The molecule has 4 rings (SSSR count). The third-order valence-electron chi connectivity index (χ3n) is 4.37. The van der Waals surface area contributed by atoms with Crippen molar-refractivity contribution in [1.29, 1.82) is 0 Å². The highest BCUT2D eigenvalue weighted by atomic mass is 16.5. The van der Waals surface area contributed by atoms with E-state index in [9.17, 15) is 9.59 Å². The molecule has 1 aromatic heterocycles. The number of hydrogen-bond donors (Lipinski definition) is 0. The van der Waals surface area contributed by atoms with Crippen molar-refractivity contribution in [2.45, 2.75) is 6.42 Å². The minimum Gasteiger partial charge on any atom is -0.335 e. The molecule has 120 valence electrons. The van der Waals surface area contributed by atoms with Crippen LogP contribution in [-0.2, 0) is 13.5 Å². The highest BCUT2D eigenvalue weighted by Crippen LogP contribution is 2.30. The van der Waals surface area contributed by atoms with Gasteiger partial charge in [-0.3, -0.25) is 4.79 Å². The van der Waals surface area contributed by atoms with Gasteiger partial charge in [0, 0.05) is 24.8 Å². The van der Waals surface area contributed by atoms with Crippen LogP contribution in [-0.4, -0.2) is 17.2 Å². The van der Waals surface area contributed by atoms with Gasteiger partial charge in [0.05, 0.1) is 0 Å². The predicted octanol–water partition coefficient (Wildman–Crippen LogP) is 2.85. The first-order chi connectivity index (χ1) is 11.7. The van der Waals surface area contributed by atoms with Gasteiger partial charge in [0.1, 0.15) is 5.69 Å². The Labute approximate surface area is 138 Å². The first-order valence-electron chi connectivity index (χ1n) is 7.82. The van der Waals surface area contributed by atoms with Crippen LogP contribution in [0.5, 0.6) is 0 Å². The van der Waals surface area contributed by atoms with Crippen LogP contribution in [0.2, 0.25) is 0 Å². The van der Waals surface area contributed by atoms with E-state index in [2.05, 4.69) is 0 Å². The molecule has 0 saturated carbocycles. The number of carbonyl (C=O) groups is 1. The van der Waals surface area contributed by atoms with Gasteiger partial charge in [-0.2, -0.15) is 0 Å². The molecular formula is C19H16N2O3. The lowest BCUT2D eigenvalue weighted by Gasteiger charge is -2.16. The van der Waals surface area contributed by atoms with Crippen molar-refractivity contribution in [2.75, 3.05) is 11.4 Å². The lowest BCUT2D eigenvalue weighted by Crippen LogP contribution is -2.32. The molecule has 2 heterocycles. The third kappa shape index (κ3) is 2.17. The number of benzene rings is 2. The number of hydrogen-bond acceptors (Lipinski definition) is 3. The van der Waals surface area contributed by atoms with Crippen LogP contribution in [0.3, 0.4) is 0 Å². The number of rotatable bonds is 2. The van der Waals surface area contributed by atoms with E-state index in [0.29, 0.717) is 12.2 Å². The molecule has 0 N–H and O–H groups in total. The molecule has 5 heteroatoms. The smallest absolute Gasteiger partial charge is 0.335 e. The summed E-state index contributed by atoms with van der Waals surface area (Å²) in [6.07, 6.45) is 0.792. The molecule has 2 aromatic carbocycles. The number of fused-ring (bicyclic) bond motifs is 1. The Kier molecular flexibility index (Phi) is 3.34. The SMILES string of the molecule is Cn1oc(=O)c(C(=O)N2CCc3ccccc32)c1-c1ccccc1. The van der Waals surface area contributed by atoms with E-state index in [0.717, 1.165) is 23.2 Å². The largest absolute Gasteiger partial charge is 0.370 e.